The molecule has 0 bridgehead atoms. The number of nitrogen functional groups attached to an aromatic ring is 1. The Morgan fingerprint density at radius 2 is 2.33 bits per heavy atom. The quantitative estimate of drug-likeness (QED) is 0.905. The van der Waals surface area contributed by atoms with Gasteiger partial charge in [0, 0.05) is 18.6 Å². The lowest BCUT2D eigenvalue weighted by Crippen LogP contribution is -2.02. The van der Waals surface area contributed by atoms with Crippen LogP contribution in [-0.4, -0.2) is 14.8 Å². The fraction of sp³-hybridized carbons (Fsp3) is 0.200. The molecule has 4 nitrogen and oxygen atoms in total. The first-order chi connectivity index (χ1) is 7.16. The zero-order chi connectivity index (χ0) is 10.8. The third-order valence-corrected chi connectivity index (χ3v) is 2.82. The van der Waals surface area contributed by atoms with Gasteiger partial charge >= 0.3 is 0 Å². The Morgan fingerprint density at radius 3 is 2.93 bits per heavy atom. The van der Waals surface area contributed by atoms with Crippen LogP contribution >= 0.6 is 15.9 Å². The van der Waals surface area contributed by atoms with Crippen LogP contribution in [0, 0.1) is 6.92 Å². The first-order valence-corrected chi connectivity index (χ1v) is 5.34. The van der Waals surface area contributed by atoms with E-state index >= 15 is 0 Å². The largest absolute Gasteiger partial charge is 0.381 e. The Hall–Kier alpha value is -1.36. The highest BCUT2D eigenvalue weighted by Crippen LogP contribution is 2.17. The average Bonchev–Trinajstić information content (AvgIpc) is 2.50. The standard InChI is InChI=1S/C10H11BrN4/c1-7-4-13-3-2-8(7)5-15-6-9(11)10(12)14-15/h2-4,6H,5H2,1H3,(H2,12,14). The van der Waals surface area contributed by atoms with Gasteiger partial charge in [0.15, 0.2) is 5.82 Å². The number of nitrogens with two attached hydrogens (primary N) is 1. The molecule has 0 fully saturated rings. The van der Waals surface area contributed by atoms with Crippen molar-refractivity contribution in [1.82, 2.24) is 14.8 Å². The lowest BCUT2D eigenvalue weighted by Gasteiger charge is -2.04. The summed E-state index contributed by atoms with van der Waals surface area (Å²) in [6.07, 6.45) is 5.50. The van der Waals surface area contributed by atoms with Crippen LogP contribution in [-0.2, 0) is 6.54 Å². The predicted molar refractivity (Wildman–Crippen MR) is 62.4 cm³/mol. The molecular weight excluding hydrogens is 256 g/mol. The van der Waals surface area contributed by atoms with Crippen LogP contribution in [0.25, 0.3) is 0 Å². The zero-order valence-electron chi connectivity index (χ0n) is 8.31. The average molecular weight is 267 g/mol. The van der Waals surface area contributed by atoms with Crippen LogP contribution in [0.1, 0.15) is 11.1 Å². The van der Waals surface area contributed by atoms with Gasteiger partial charge in [-0.3, -0.25) is 9.67 Å². The monoisotopic (exact) mass is 266 g/mol. The molecule has 78 valence electrons. The Morgan fingerprint density at radius 1 is 1.53 bits per heavy atom. The van der Waals surface area contributed by atoms with Crippen LogP contribution in [0.15, 0.2) is 29.1 Å². The summed E-state index contributed by atoms with van der Waals surface area (Å²) in [4.78, 5) is 4.05. The Bertz CT molecular complexity index is 459. The van der Waals surface area contributed by atoms with E-state index in [9.17, 15) is 0 Å². The molecule has 2 aromatic rings. The van der Waals surface area contributed by atoms with E-state index in [0.717, 1.165) is 10.0 Å². The van der Waals surface area contributed by atoms with Gasteiger partial charge < -0.3 is 5.73 Å². The molecule has 0 aliphatic carbocycles. The van der Waals surface area contributed by atoms with Gasteiger partial charge in [-0.05, 0) is 40.0 Å². The summed E-state index contributed by atoms with van der Waals surface area (Å²) in [6.45, 7) is 2.74. The summed E-state index contributed by atoms with van der Waals surface area (Å²) < 4.78 is 2.64. The van der Waals surface area contributed by atoms with Gasteiger partial charge in [0.1, 0.15) is 0 Å². The Balaban J connectivity index is 2.26. The molecule has 5 heteroatoms. The summed E-state index contributed by atoms with van der Waals surface area (Å²) in [5.41, 5.74) is 7.99. The third-order valence-electron chi connectivity index (χ3n) is 2.21. The summed E-state index contributed by atoms with van der Waals surface area (Å²) >= 11 is 3.33. The van der Waals surface area contributed by atoms with Crippen LogP contribution in [0.4, 0.5) is 5.82 Å². The molecule has 0 aromatic carbocycles. The molecule has 0 spiro atoms. The smallest absolute Gasteiger partial charge is 0.159 e. The van der Waals surface area contributed by atoms with Gasteiger partial charge in [-0.15, -0.1) is 0 Å². The van der Waals surface area contributed by atoms with E-state index in [1.54, 1.807) is 6.20 Å². The molecule has 0 amide bonds. The van der Waals surface area contributed by atoms with Gasteiger partial charge in [-0.25, -0.2) is 0 Å². The minimum Gasteiger partial charge on any atom is -0.381 e. The lowest BCUT2D eigenvalue weighted by molar-refractivity contribution is 0.686. The molecule has 0 saturated heterocycles. The highest BCUT2D eigenvalue weighted by atomic mass is 79.9. The van der Waals surface area contributed by atoms with Gasteiger partial charge in [0.25, 0.3) is 0 Å². The molecule has 0 aliphatic rings. The van der Waals surface area contributed by atoms with E-state index in [0.29, 0.717) is 12.4 Å². The maximum Gasteiger partial charge on any atom is 0.159 e. The van der Waals surface area contributed by atoms with Crippen molar-refractivity contribution in [2.45, 2.75) is 13.5 Å². The number of nitrogens with zero attached hydrogens (tertiary/aromatic N) is 3. The SMILES string of the molecule is Cc1cnccc1Cn1cc(Br)c(N)n1. The van der Waals surface area contributed by atoms with E-state index < -0.39 is 0 Å². The lowest BCUT2D eigenvalue weighted by atomic mass is 10.2. The number of aryl methyl sites for hydroxylation is 1. The molecule has 15 heavy (non-hydrogen) atoms. The molecule has 0 unspecified atom stereocenters. The molecule has 2 heterocycles. The van der Waals surface area contributed by atoms with Gasteiger partial charge in [0.05, 0.1) is 11.0 Å². The number of aromatic nitrogens is 3. The van der Waals surface area contributed by atoms with Gasteiger partial charge in [0.2, 0.25) is 0 Å². The number of pyridine rings is 1. The zero-order valence-corrected chi connectivity index (χ0v) is 9.90. The van der Waals surface area contributed by atoms with Crippen molar-refractivity contribution < 1.29 is 0 Å². The molecule has 0 radical (unpaired) electrons. The third kappa shape index (κ3) is 2.18. The van der Waals surface area contributed by atoms with E-state index in [-0.39, 0.29) is 0 Å². The predicted octanol–water partition coefficient (Wildman–Crippen LogP) is 1.98. The maximum absolute atomic E-state index is 5.64. The van der Waals surface area contributed by atoms with Gasteiger partial charge in [-0.2, -0.15) is 5.10 Å². The van der Waals surface area contributed by atoms with Crippen molar-refractivity contribution in [2.75, 3.05) is 5.73 Å². The second-order valence-electron chi connectivity index (χ2n) is 3.36. The molecule has 2 N–H and O–H groups in total. The maximum atomic E-state index is 5.64. The van der Waals surface area contributed by atoms with E-state index in [2.05, 4.69) is 26.0 Å². The molecule has 2 aromatic heterocycles. The molecule has 0 saturated carbocycles. The number of hydrogen-bond donors (Lipinski definition) is 1. The van der Waals surface area contributed by atoms with Crippen molar-refractivity contribution in [1.29, 1.82) is 0 Å². The van der Waals surface area contributed by atoms with Crippen LogP contribution in [0.3, 0.4) is 0 Å². The van der Waals surface area contributed by atoms with Crippen molar-refractivity contribution >= 4 is 21.7 Å². The number of rotatable bonds is 2. The van der Waals surface area contributed by atoms with E-state index in [1.165, 1.54) is 5.56 Å². The van der Waals surface area contributed by atoms with Crippen molar-refractivity contribution in [3.8, 4) is 0 Å². The van der Waals surface area contributed by atoms with E-state index in [4.69, 9.17) is 5.73 Å². The summed E-state index contributed by atoms with van der Waals surface area (Å²) in [6, 6.07) is 1.99. The molecular formula is C10H11BrN4. The minimum absolute atomic E-state index is 0.515. The Labute approximate surface area is 96.3 Å². The normalized spacial score (nSPS) is 10.5. The summed E-state index contributed by atoms with van der Waals surface area (Å²) in [7, 11) is 0. The molecule has 0 aliphatic heterocycles. The number of anilines is 1. The van der Waals surface area contributed by atoms with Crippen LogP contribution in [0.2, 0.25) is 0 Å². The van der Waals surface area contributed by atoms with Gasteiger partial charge in [-0.1, -0.05) is 0 Å². The fourth-order valence-electron chi connectivity index (χ4n) is 1.35. The number of hydrogen-bond acceptors (Lipinski definition) is 3. The highest BCUT2D eigenvalue weighted by Gasteiger charge is 2.04. The second-order valence-corrected chi connectivity index (χ2v) is 4.22. The minimum atomic E-state index is 0.515. The van der Waals surface area contributed by atoms with E-state index in [1.807, 2.05) is 30.1 Å². The molecule has 0 atom stereocenters. The topological polar surface area (TPSA) is 56.7 Å². The van der Waals surface area contributed by atoms with Crippen molar-refractivity contribution in [3.63, 3.8) is 0 Å². The second kappa shape index (κ2) is 4.02. The van der Waals surface area contributed by atoms with Crippen molar-refractivity contribution in [2.24, 2.45) is 0 Å². The molecule has 2 rings (SSSR count). The van der Waals surface area contributed by atoms with Crippen LogP contribution in [0.5, 0.6) is 0 Å². The van der Waals surface area contributed by atoms with Crippen molar-refractivity contribution in [3.05, 3.63) is 40.3 Å². The summed E-state index contributed by atoms with van der Waals surface area (Å²) in [5.74, 6) is 0.515. The first-order valence-electron chi connectivity index (χ1n) is 4.55. The Kier molecular flexibility index (Phi) is 2.73. The highest BCUT2D eigenvalue weighted by molar-refractivity contribution is 9.10. The first kappa shape index (κ1) is 10.2. The summed E-state index contributed by atoms with van der Waals surface area (Å²) in [5, 5.41) is 4.17. The number of halogens is 1. The van der Waals surface area contributed by atoms with Crippen LogP contribution < -0.4 is 5.73 Å². The fourth-order valence-corrected chi connectivity index (χ4v) is 1.66.